The van der Waals surface area contributed by atoms with Crippen molar-refractivity contribution in [3.63, 3.8) is 0 Å². The van der Waals surface area contributed by atoms with Gasteiger partial charge in [0.1, 0.15) is 5.82 Å². The molecule has 0 radical (unpaired) electrons. The van der Waals surface area contributed by atoms with Gasteiger partial charge >= 0.3 is 0 Å². The standard InChI is InChI=1S/C23H32N6O/c1-17-5-6-20(18(2)15-17)22(30)28-11-13-29(14-12-28)23-24-19(3)16-21(25-23)27-9-7-26(4)8-10-27/h5-6,15-16H,7-14H2,1-4H3. The van der Waals surface area contributed by atoms with Crippen LogP contribution in [0.4, 0.5) is 11.8 Å². The minimum Gasteiger partial charge on any atom is -0.354 e. The molecule has 0 spiro atoms. The van der Waals surface area contributed by atoms with Crippen LogP contribution in [0.5, 0.6) is 0 Å². The van der Waals surface area contributed by atoms with E-state index in [0.29, 0.717) is 13.1 Å². The number of carbonyl (C=O) groups excluding carboxylic acids is 1. The summed E-state index contributed by atoms with van der Waals surface area (Å²) in [5.41, 5.74) is 4.02. The third-order valence-corrected chi connectivity index (χ3v) is 6.12. The molecule has 3 heterocycles. The van der Waals surface area contributed by atoms with E-state index in [-0.39, 0.29) is 5.91 Å². The van der Waals surface area contributed by atoms with E-state index in [0.717, 1.165) is 67.9 Å². The molecule has 2 aliphatic heterocycles. The number of benzene rings is 1. The van der Waals surface area contributed by atoms with Crippen LogP contribution in [-0.2, 0) is 0 Å². The summed E-state index contributed by atoms with van der Waals surface area (Å²) in [7, 11) is 2.16. The van der Waals surface area contributed by atoms with Crippen molar-refractivity contribution in [1.82, 2.24) is 19.8 Å². The molecule has 0 atom stereocenters. The number of carbonyl (C=O) groups is 1. The van der Waals surface area contributed by atoms with Crippen LogP contribution in [-0.4, -0.2) is 85.1 Å². The molecular weight excluding hydrogens is 376 g/mol. The Bertz CT molecular complexity index is 914. The molecule has 0 aliphatic carbocycles. The van der Waals surface area contributed by atoms with Crippen LogP contribution in [0.3, 0.4) is 0 Å². The summed E-state index contributed by atoms with van der Waals surface area (Å²) in [6.45, 7) is 13.1. The highest BCUT2D eigenvalue weighted by Crippen LogP contribution is 2.21. The third kappa shape index (κ3) is 4.41. The first-order valence-electron chi connectivity index (χ1n) is 10.8. The molecule has 2 aromatic rings. The smallest absolute Gasteiger partial charge is 0.254 e. The lowest BCUT2D eigenvalue weighted by Gasteiger charge is -2.36. The van der Waals surface area contributed by atoms with E-state index >= 15 is 0 Å². The molecular formula is C23H32N6O. The van der Waals surface area contributed by atoms with Crippen LogP contribution in [0.25, 0.3) is 0 Å². The second-order valence-corrected chi connectivity index (χ2v) is 8.56. The zero-order chi connectivity index (χ0) is 21.3. The van der Waals surface area contributed by atoms with Crippen LogP contribution < -0.4 is 9.80 Å². The van der Waals surface area contributed by atoms with Gasteiger partial charge in [0, 0.05) is 69.7 Å². The van der Waals surface area contributed by atoms with Crippen molar-refractivity contribution in [3.8, 4) is 0 Å². The number of hydrogen-bond acceptors (Lipinski definition) is 6. The van der Waals surface area contributed by atoms with Crippen molar-refractivity contribution in [2.75, 3.05) is 69.2 Å². The number of amides is 1. The van der Waals surface area contributed by atoms with E-state index in [1.165, 1.54) is 5.56 Å². The molecule has 0 bridgehead atoms. The Kier molecular flexibility index (Phi) is 5.90. The maximum absolute atomic E-state index is 13.0. The predicted molar refractivity (Wildman–Crippen MR) is 121 cm³/mol. The highest BCUT2D eigenvalue weighted by atomic mass is 16.2. The van der Waals surface area contributed by atoms with E-state index in [1.807, 2.05) is 30.9 Å². The van der Waals surface area contributed by atoms with Crippen molar-refractivity contribution in [2.45, 2.75) is 20.8 Å². The quantitative estimate of drug-likeness (QED) is 0.776. The number of anilines is 2. The van der Waals surface area contributed by atoms with Gasteiger partial charge in [-0.3, -0.25) is 4.79 Å². The van der Waals surface area contributed by atoms with Crippen molar-refractivity contribution >= 4 is 17.7 Å². The zero-order valence-electron chi connectivity index (χ0n) is 18.6. The fraction of sp³-hybridized carbons (Fsp3) is 0.522. The van der Waals surface area contributed by atoms with Crippen LogP contribution in [0.1, 0.15) is 27.2 Å². The van der Waals surface area contributed by atoms with Gasteiger partial charge in [0.25, 0.3) is 5.91 Å². The van der Waals surface area contributed by atoms with E-state index in [1.54, 1.807) is 0 Å². The summed E-state index contributed by atoms with van der Waals surface area (Å²) in [4.78, 5) is 31.4. The fourth-order valence-electron chi connectivity index (χ4n) is 4.21. The first-order valence-corrected chi connectivity index (χ1v) is 10.8. The van der Waals surface area contributed by atoms with Crippen molar-refractivity contribution in [2.24, 2.45) is 0 Å². The molecule has 0 saturated carbocycles. The third-order valence-electron chi connectivity index (χ3n) is 6.12. The Morgan fingerprint density at radius 2 is 1.50 bits per heavy atom. The number of piperazine rings is 2. The normalized spacial score (nSPS) is 18.1. The van der Waals surface area contributed by atoms with Crippen molar-refractivity contribution in [3.05, 3.63) is 46.6 Å². The van der Waals surface area contributed by atoms with Gasteiger partial charge in [-0.15, -0.1) is 0 Å². The molecule has 4 rings (SSSR count). The van der Waals surface area contributed by atoms with E-state index < -0.39 is 0 Å². The topological polar surface area (TPSA) is 55.8 Å². The van der Waals surface area contributed by atoms with Gasteiger partial charge in [0.05, 0.1) is 0 Å². The first kappa shape index (κ1) is 20.6. The summed E-state index contributed by atoms with van der Waals surface area (Å²) in [6, 6.07) is 8.11. The second kappa shape index (κ2) is 8.60. The highest BCUT2D eigenvalue weighted by Gasteiger charge is 2.25. The maximum Gasteiger partial charge on any atom is 0.254 e. The molecule has 7 heteroatoms. The second-order valence-electron chi connectivity index (χ2n) is 8.56. The number of aromatic nitrogens is 2. The minimum absolute atomic E-state index is 0.121. The van der Waals surface area contributed by atoms with Gasteiger partial charge in [-0.2, -0.15) is 4.98 Å². The lowest BCUT2D eigenvalue weighted by molar-refractivity contribution is 0.0745. The largest absolute Gasteiger partial charge is 0.354 e. The van der Waals surface area contributed by atoms with Crippen molar-refractivity contribution < 1.29 is 4.79 Å². The number of hydrogen-bond donors (Lipinski definition) is 0. The molecule has 30 heavy (non-hydrogen) atoms. The number of rotatable bonds is 3. The van der Waals surface area contributed by atoms with Gasteiger partial charge < -0.3 is 19.6 Å². The summed E-state index contributed by atoms with van der Waals surface area (Å²) >= 11 is 0. The van der Waals surface area contributed by atoms with Gasteiger partial charge in [0.2, 0.25) is 5.95 Å². The summed E-state index contributed by atoms with van der Waals surface area (Å²) in [5.74, 6) is 1.91. The molecule has 2 aliphatic rings. The Balaban J connectivity index is 1.43. The summed E-state index contributed by atoms with van der Waals surface area (Å²) < 4.78 is 0. The average Bonchev–Trinajstić information content (AvgIpc) is 2.73. The number of likely N-dealkylation sites (N-methyl/N-ethyl adjacent to an activating group) is 1. The van der Waals surface area contributed by atoms with Gasteiger partial charge in [-0.05, 0) is 39.4 Å². The fourth-order valence-corrected chi connectivity index (χ4v) is 4.21. The van der Waals surface area contributed by atoms with E-state index in [4.69, 9.17) is 9.97 Å². The lowest BCUT2D eigenvalue weighted by atomic mass is 10.0. The Hall–Kier alpha value is -2.67. The molecule has 2 saturated heterocycles. The molecule has 1 aromatic carbocycles. The van der Waals surface area contributed by atoms with Gasteiger partial charge in [-0.25, -0.2) is 4.98 Å². The van der Waals surface area contributed by atoms with Gasteiger partial charge in [-0.1, -0.05) is 17.7 Å². The van der Waals surface area contributed by atoms with Crippen LogP contribution >= 0.6 is 0 Å². The van der Waals surface area contributed by atoms with Crippen molar-refractivity contribution in [1.29, 1.82) is 0 Å². The molecule has 160 valence electrons. The first-order chi connectivity index (χ1) is 14.4. The lowest BCUT2D eigenvalue weighted by Crippen LogP contribution is -2.49. The molecule has 0 unspecified atom stereocenters. The minimum atomic E-state index is 0.121. The average molecular weight is 409 g/mol. The molecule has 7 nitrogen and oxygen atoms in total. The Labute approximate surface area is 179 Å². The highest BCUT2D eigenvalue weighted by molar-refractivity contribution is 5.95. The number of aryl methyl sites for hydroxylation is 3. The summed E-state index contributed by atoms with van der Waals surface area (Å²) in [6.07, 6.45) is 0. The molecule has 0 N–H and O–H groups in total. The number of nitrogens with zero attached hydrogens (tertiary/aromatic N) is 6. The van der Waals surface area contributed by atoms with Gasteiger partial charge in [0.15, 0.2) is 0 Å². The zero-order valence-corrected chi connectivity index (χ0v) is 18.6. The predicted octanol–water partition coefficient (Wildman–Crippen LogP) is 2.12. The van der Waals surface area contributed by atoms with Crippen LogP contribution in [0.2, 0.25) is 0 Å². The molecule has 2 fully saturated rings. The Morgan fingerprint density at radius 1 is 0.833 bits per heavy atom. The summed E-state index contributed by atoms with van der Waals surface area (Å²) in [5, 5.41) is 0. The Morgan fingerprint density at radius 3 is 2.17 bits per heavy atom. The SMILES string of the molecule is Cc1ccc(C(=O)N2CCN(c3nc(C)cc(N4CCN(C)CC4)n3)CC2)c(C)c1. The maximum atomic E-state index is 13.0. The van der Waals surface area contributed by atoms with Crippen LogP contribution in [0.15, 0.2) is 24.3 Å². The van der Waals surface area contributed by atoms with Crippen LogP contribution in [0, 0.1) is 20.8 Å². The molecule has 1 aromatic heterocycles. The monoisotopic (exact) mass is 408 g/mol. The van der Waals surface area contributed by atoms with E-state index in [9.17, 15) is 4.79 Å². The molecule has 1 amide bonds. The van der Waals surface area contributed by atoms with E-state index in [2.05, 4.69) is 40.8 Å².